The minimum atomic E-state index is -0.174. The summed E-state index contributed by atoms with van der Waals surface area (Å²) in [5, 5.41) is 5.11. The third-order valence-electron chi connectivity index (χ3n) is 3.56. The third-order valence-corrected chi connectivity index (χ3v) is 5.01. The molecule has 1 aliphatic rings. The second-order valence-corrected chi connectivity index (χ2v) is 7.05. The van der Waals surface area contributed by atoms with E-state index < -0.39 is 0 Å². The number of carbonyl (C=O) groups is 2. The van der Waals surface area contributed by atoms with Gasteiger partial charge in [0.05, 0.1) is 10.3 Å². The lowest BCUT2D eigenvalue weighted by Crippen LogP contribution is -2.38. The molecule has 2 heterocycles. The molecular formula is C17H15ClN3O2S+. The molecule has 1 unspecified atom stereocenters. The molecule has 0 aliphatic carbocycles. The number of thioether (sulfide) groups is 1. The molecular weight excluding hydrogens is 346 g/mol. The number of benzene rings is 1. The number of pyridine rings is 1. The fourth-order valence-electron chi connectivity index (χ4n) is 2.22. The highest BCUT2D eigenvalue weighted by molar-refractivity contribution is 8.15. The van der Waals surface area contributed by atoms with Gasteiger partial charge < -0.3 is 0 Å². The number of rotatable bonds is 4. The Balaban J connectivity index is 1.72. The fourth-order valence-corrected chi connectivity index (χ4v) is 3.33. The number of hydrogen-bond acceptors (Lipinski definition) is 4. The van der Waals surface area contributed by atoms with Crippen LogP contribution in [0.4, 0.5) is 0 Å². The van der Waals surface area contributed by atoms with E-state index in [-0.39, 0.29) is 23.5 Å². The highest BCUT2D eigenvalue weighted by Crippen LogP contribution is 2.21. The predicted octanol–water partition coefficient (Wildman–Crippen LogP) is 2.42. The van der Waals surface area contributed by atoms with E-state index in [1.165, 1.54) is 11.8 Å². The van der Waals surface area contributed by atoms with E-state index in [0.29, 0.717) is 10.6 Å². The quantitative estimate of drug-likeness (QED) is 0.672. The summed E-state index contributed by atoms with van der Waals surface area (Å²) in [5.41, 5.74) is 3.92. The van der Waals surface area contributed by atoms with Crippen molar-refractivity contribution >= 4 is 40.1 Å². The normalized spacial score (nSPS) is 17.2. The Labute approximate surface area is 148 Å². The molecule has 3 rings (SSSR count). The van der Waals surface area contributed by atoms with Gasteiger partial charge in [-0.1, -0.05) is 35.5 Å². The Bertz CT molecular complexity index is 821. The lowest BCUT2D eigenvalue weighted by Gasteiger charge is -2.16. The molecule has 24 heavy (non-hydrogen) atoms. The SMILES string of the molecule is CC1SC(c2cc[n+](CC(=O)c3ccccc3Cl)cc2)=NNC1=O. The lowest BCUT2D eigenvalue weighted by molar-refractivity contribution is -0.683. The Morgan fingerprint density at radius 2 is 2.00 bits per heavy atom. The van der Waals surface area contributed by atoms with Crippen molar-refractivity contribution < 1.29 is 14.2 Å². The van der Waals surface area contributed by atoms with Crippen LogP contribution in [-0.4, -0.2) is 22.0 Å². The van der Waals surface area contributed by atoms with E-state index >= 15 is 0 Å². The Morgan fingerprint density at radius 3 is 2.67 bits per heavy atom. The van der Waals surface area contributed by atoms with E-state index in [4.69, 9.17) is 11.6 Å². The summed E-state index contributed by atoms with van der Waals surface area (Å²) in [4.78, 5) is 23.7. The molecule has 2 aromatic rings. The first-order valence-corrected chi connectivity index (χ1v) is 8.62. The molecule has 1 aromatic heterocycles. The van der Waals surface area contributed by atoms with Crippen LogP contribution in [0.15, 0.2) is 53.9 Å². The molecule has 0 saturated carbocycles. The smallest absolute Gasteiger partial charge is 0.253 e. The maximum absolute atomic E-state index is 12.3. The van der Waals surface area contributed by atoms with Gasteiger partial charge in [0.2, 0.25) is 12.3 Å². The molecule has 122 valence electrons. The molecule has 1 N–H and O–H groups in total. The number of hydrogen-bond donors (Lipinski definition) is 1. The van der Waals surface area contributed by atoms with Crippen molar-refractivity contribution in [3.8, 4) is 0 Å². The van der Waals surface area contributed by atoms with Gasteiger partial charge in [-0.05, 0) is 19.1 Å². The van der Waals surface area contributed by atoms with Gasteiger partial charge >= 0.3 is 0 Å². The molecule has 7 heteroatoms. The number of nitrogens with one attached hydrogen (secondary N) is 1. The number of amides is 1. The lowest BCUT2D eigenvalue weighted by atomic mass is 10.1. The first-order chi connectivity index (χ1) is 11.5. The van der Waals surface area contributed by atoms with E-state index in [0.717, 1.165) is 10.6 Å². The summed E-state index contributed by atoms with van der Waals surface area (Å²) < 4.78 is 1.78. The van der Waals surface area contributed by atoms with Crippen molar-refractivity contribution in [1.29, 1.82) is 0 Å². The largest absolute Gasteiger partial charge is 0.287 e. The first-order valence-electron chi connectivity index (χ1n) is 7.36. The molecule has 0 saturated heterocycles. The van der Waals surface area contributed by atoms with Crippen LogP contribution in [0.1, 0.15) is 22.8 Å². The zero-order valence-corrected chi connectivity index (χ0v) is 14.5. The van der Waals surface area contributed by atoms with Crippen LogP contribution in [0.2, 0.25) is 5.02 Å². The minimum absolute atomic E-state index is 0.0522. The van der Waals surface area contributed by atoms with Gasteiger partial charge in [-0.2, -0.15) is 9.67 Å². The molecule has 0 spiro atoms. The Hall–Kier alpha value is -2.18. The van der Waals surface area contributed by atoms with Crippen LogP contribution in [0, 0.1) is 0 Å². The summed E-state index contributed by atoms with van der Waals surface area (Å²) in [6.07, 6.45) is 3.63. The van der Waals surface area contributed by atoms with Crippen LogP contribution in [0.3, 0.4) is 0 Å². The average molecular weight is 361 g/mol. The van der Waals surface area contributed by atoms with Crippen molar-refractivity contribution in [2.75, 3.05) is 0 Å². The van der Waals surface area contributed by atoms with Crippen molar-refractivity contribution in [3.05, 3.63) is 64.9 Å². The van der Waals surface area contributed by atoms with Gasteiger partial charge in [0.1, 0.15) is 5.04 Å². The zero-order valence-electron chi connectivity index (χ0n) is 12.9. The van der Waals surface area contributed by atoms with Gasteiger partial charge in [-0.15, -0.1) is 0 Å². The number of carbonyl (C=O) groups excluding carboxylic acids is 2. The van der Waals surface area contributed by atoms with Gasteiger partial charge in [0.25, 0.3) is 5.91 Å². The summed E-state index contributed by atoms with van der Waals surface area (Å²) in [7, 11) is 0. The minimum Gasteiger partial charge on any atom is -0.287 e. The number of ketones is 1. The average Bonchev–Trinajstić information content (AvgIpc) is 2.58. The first kappa shape index (κ1) is 16.7. The van der Waals surface area contributed by atoms with Crippen molar-refractivity contribution in [1.82, 2.24) is 5.43 Å². The molecule has 1 atom stereocenters. The summed E-state index contributed by atoms with van der Waals surface area (Å²) >= 11 is 7.46. The van der Waals surface area contributed by atoms with Crippen LogP contribution in [-0.2, 0) is 11.3 Å². The topological polar surface area (TPSA) is 62.4 Å². The second kappa shape index (κ2) is 7.15. The molecule has 0 bridgehead atoms. The summed E-state index contributed by atoms with van der Waals surface area (Å²) in [5.74, 6) is -0.149. The van der Waals surface area contributed by atoms with Crippen molar-refractivity contribution in [3.63, 3.8) is 0 Å². The van der Waals surface area contributed by atoms with E-state index in [1.807, 2.05) is 31.5 Å². The molecule has 1 amide bonds. The highest BCUT2D eigenvalue weighted by atomic mass is 35.5. The molecule has 1 aromatic carbocycles. The van der Waals surface area contributed by atoms with Crippen LogP contribution in [0.25, 0.3) is 0 Å². The van der Waals surface area contributed by atoms with E-state index in [1.54, 1.807) is 28.8 Å². The van der Waals surface area contributed by atoms with Crippen molar-refractivity contribution in [2.24, 2.45) is 5.10 Å². The summed E-state index contributed by atoms with van der Waals surface area (Å²) in [6.45, 7) is 2.04. The zero-order chi connectivity index (χ0) is 17.1. The fraction of sp³-hybridized carbons (Fsp3) is 0.176. The molecule has 5 nitrogen and oxygen atoms in total. The molecule has 0 radical (unpaired) electrons. The molecule has 1 aliphatic heterocycles. The van der Waals surface area contributed by atoms with Crippen LogP contribution in [0.5, 0.6) is 0 Å². The highest BCUT2D eigenvalue weighted by Gasteiger charge is 2.23. The third kappa shape index (κ3) is 3.66. The standard InChI is InChI=1S/C17H14ClN3O2S/c1-11-16(23)19-20-17(24-11)12-6-8-21(9-7-12)10-15(22)13-4-2-3-5-14(13)18/h2-9,11H,10H2,1H3/p+1. The Morgan fingerprint density at radius 1 is 1.29 bits per heavy atom. The number of hydrazone groups is 1. The van der Waals surface area contributed by atoms with E-state index in [9.17, 15) is 9.59 Å². The Kier molecular flexibility index (Phi) is 4.97. The van der Waals surface area contributed by atoms with E-state index in [2.05, 4.69) is 10.5 Å². The second-order valence-electron chi connectivity index (χ2n) is 5.32. The number of halogens is 1. The van der Waals surface area contributed by atoms with Gasteiger partial charge in [-0.25, -0.2) is 5.43 Å². The number of Topliss-reactive ketones (excluding diaryl/α,β-unsaturated/α-hetero) is 1. The van der Waals surface area contributed by atoms with Crippen LogP contribution >= 0.6 is 23.4 Å². The maximum Gasteiger partial charge on any atom is 0.253 e. The number of nitrogens with zero attached hydrogens (tertiary/aromatic N) is 2. The predicted molar refractivity (Wildman–Crippen MR) is 94.2 cm³/mol. The van der Waals surface area contributed by atoms with Gasteiger partial charge in [0.15, 0.2) is 12.4 Å². The molecule has 0 fully saturated rings. The number of aromatic nitrogens is 1. The van der Waals surface area contributed by atoms with Crippen LogP contribution < -0.4 is 9.99 Å². The maximum atomic E-state index is 12.3. The van der Waals surface area contributed by atoms with Gasteiger partial charge in [0, 0.05) is 23.3 Å². The van der Waals surface area contributed by atoms with Crippen molar-refractivity contribution in [2.45, 2.75) is 18.7 Å². The monoisotopic (exact) mass is 360 g/mol. The van der Waals surface area contributed by atoms with Gasteiger partial charge in [-0.3, -0.25) is 9.59 Å². The summed E-state index contributed by atoms with van der Waals surface area (Å²) in [6, 6.07) is 10.8.